The van der Waals surface area contributed by atoms with E-state index < -0.39 is 26.3 Å². The number of hydrogen-bond acceptors (Lipinski definition) is 12. The smallest absolute Gasteiger partial charge is 0.168 e. The van der Waals surface area contributed by atoms with E-state index in [1.807, 2.05) is 0 Å². The Bertz CT molecular complexity index is 352. The van der Waals surface area contributed by atoms with Gasteiger partial charge in [0.05, 0.1) is 0 Å². The van der Waals surface area contributed by atoms with Crippen molar-refractivity contribution >= 4 is 161 Å². The SMILES string of the molecule is CS[Si](SC)(SC)[Si]([Si](SC)(SC)SC)([Si](SC)(SC)SC)[Si](SC)(SC)SC. The molecule has 0 nitrogen and oxygen atoms in total. The molecule has 0 aliphatic rings. The van der Waals surface area contributed by atoms with Crippen LogP contribution in [0.4, 0.5) is 0 Å². The van der Waals surface area contributed by atoms with Crippen molar-refractivity contribution in [3.63, 3.8) is 0 Å². The summed E-state index contributed by atoms with van der Waals surface area (Å²) in [7, 11) is 0. The molecule has 0 aliphatic carbocycles. The largest absolute Gasteiger partial charge is 0.224 e. The lowest BCUT2D eigenvalue weighted by Gasteiger charge is -2.63. The molecule has 29 heavy (non-hydrogen) atoms. The van der Waals surface area contributed by atoms with Gasteiger partial charge in [0.1, 0.15) is 0 Å². The second kappa shape index (κ2) is 15.5. The maximum Gasteiger partial charge on any atom is 0.224 e. The van der Waals surface area contributed by atoms with E-state index in [9.17, 15) is 0 Å². The average Bonchev–Trinajstić information content (AvgIpc) is 2.79. The third kappa shape index (κ3) is 5.45. The molecule has 0 bridgehead atoms. The second-order valence-electron chi connectivity index (χ2n) is 5.42. The predicted octanol–water partition coefficient (Wildman–Crippen LogP) is 7.86. The van der Waals surface area contributed by atoms with E-state index in [1.54, 1.807) is 0 Å². The normalized spacial score (nSPS) is 14.5. The van der Waals surface area contributed by atoms with Crippen molar-refractivity contribution in [2.24, 2.45) is 0 Å². The summed E-state index contributed by atoms with van der Waals surface area (Å²) in [5, 5.41) is -6.82. The molecule has 0 atom stereocenters. The minimum atomic E-state index is -1.80. The summed E-state index contributed by atoms with van der Waals surface area (Å²) >= 11 is 28.2. The Kier molecular flexibility index (Phi) is 18.3. The van der Waals surface area contributed by atoms with Gasteiger partial charge in [-0.15, -0.1) is 0 Å². The molecule has 0 rings (SSSR count). The van der Waals surface area contributed by atoms with Crippen LogP contribution in [-0.2, 0) is 0 Å². The molecule has 0 aliphatic heterocycles. The van der Waals surface area contributed by atoms with Gasteiger partial charge in [-0.1, -0.05) is 0 Å². The first-order chi connectivity index (χ1) is 13.7. The van der Waals surface area contributed by atoms with Crippen LogP contribution in [0.2, 0.25) is 0 Å². The molecule has 17 heteroatoms. The molecule has 0 saturated carbocycles. The maximum atomic E-state index is 2.49. The van der Waals surface area contributed by atoms with Crippen LogP contribution < -0.4 is 0 Å². The second-order valence-corrected chi connectivity index (χ2v) is 102. The predicted molar refractivity (Wildman–Crippen MR) is 191 cm³/mol. The van der Waals surface area contributed by atoms with Crippen molar-refractivity contribution in [1.29, 1.82) is 0 Å². The Labute approximate surface area is 232 Å². The zero-order valence-electron chi connectivity index (χ0n) is 19.4. The van der Waals surface area contributed by atoms with Crippen LogP contribution in [0.1, 0.15) is 0 Å². The lowest BCUT2D eigenvalue weighted by Crippen LogP contribution is -2.90. The average molecular weight is 706 g/mol. The van der Waals surface area contributed by atoms with Gasteiger partial charge in [0.25, 0.3) is 0 Å². The minimum absolute atomic E-state index is 1.71. The first-order valence-corrected chi connectivity index (χ1v) is 45.7. The minimum Gasteiger partial charge on any atom is -0.168 e. The van der Waals surface area contributed by atoms with Crippen LogP contribution >= 0.6 is 135 Å². The van der Waals surface area contributed by atoms with E-state index in [0.717, 1.165) is 0 Å². The molecule has 0 fully saturated rings. The van der Waals surface area contributed by atoms with Crippen LogP contribution in [0.15, 0.2) is 0 Å². The molecule has 0 radical (unpaired) electrons. The quantitative estimate of drug-likeness (QED) is 0.144. The van der Waals surface area contributed by atoms with Gasteiger partial charge < -0.3 is 0 Å². The zero-order chi connectivity index (χ0) is 23.0. The Morgan fingerprint density at radius 2 is 0.345 bits per heavy atom. The first kappa shape index (κ1) is 34.3. The van der Waals surface area contributed by atoms with Crippen molar-refractivity contribution < 1.29 is 0 Å². The van der Waals surface area contributed by atoms with Gasteiger partial charge in [-0.3, -0.25) is 0 Å². The summed E-state index contributed by atoms with van der Waals surface area (Å²) in [5.74, 6) is 0. The monoisotopic (exact) mass is 704 g/mol. The topological polar surface area (TPSA) is 0 Å². The van der Waals surface area contributed by atoms with Crippen LogP contribution in [-0.4, -0.2) is 101 Å². The van der Waals surface area contributed by atoms with E-state index >= 15 is 0 Å². The molecular formula is C12H36S12Si5. The van der Waals surface area contributed by atoms with Crippen molar-refractivity contribution in [2.45, 2.75) is 0 Å². The van der Waals surface area contributed by atoms with Crippen LogP contribution in [0.5, 0.6) is 0 Å². The molecule has 0 amide bonds. The van der Waals surface area contributed by atoms with Gasteiger partial charge in [-0.2, -0.15) is 135 Å². The molecule has 0 saturated heterocycles. The summed E-state index contributed by atoms with van der Waals surface area (Å²) in [6, 6.07) is 0. The molecule has 0 aromatic rings. The van der Waals surface area contributed by atoms with E-state index in [-0.39, 0.29) is 0 Å². The molecule has 0 aromatic heterocycles. The molecule has 0 heterocycles. The Hall–Kier alpha value is 5.28. The van der Waals surface area contributed by atoms with E-state index in [2.05, 4.69) is 210 Å². The summed E-state index contributed by atoms with van der Waals surface area (Å²) < 4.78 is 0. The van der Waals surface area contributed by atoms with Gasteiger partial charge in [-0.05, 0) is 75.1 Å². The summed E-state index contributed by atoms with van der Waals surface area (Å²) in [6.07, 6.45) is 28.0. The third-order valence-electron chi connectivity index (χ3n) is 5.06. The lowest BCUT2D eigenvalue weighted by atomic mass is 12.0. The third-order valence-corrected chi connectivity index (χ3v) is 236. The molecule has 0 spiro atoms. The fraction of sp³-hybridized carbons (Fsp3) is 1.00. The highest BCUT2D eigenvalue weighted by Gasteiger charge is 2.86. The van der Waals surface area contributed by atoms with Crippen LogP contribution in [0.3, 0.4) is 0 Å². The summed E-state index contributed by atoms with van der Waals surface area (Å²) in [6.45, 7) is 0. The Morgan fingerprint density at radius 1 is 0.241 bits per heavy atom. The van der Waals surface area contributed by atoms with Gasteiger partial charge in [0, 0.05) is 0 Å². The molecule has 0 unspecified atom stereocenters. The van der Waals surface area contributed by atoms with Crippen molar-refractivity contribution in [3.05, 3.63) is 0 Å². The van der Waals surface area contributed by atoms with Crippen LogP contribution in [0.25, 0.3) is 0 Å². The number of rotatable bonds is 16. The van der Waals surface area contributed by atoms with E-state index in [0.29, 0.717) is 0 Å². The van der Waals surface area contributed by atoms with Crippen molar-refractivity contribution in [1.82, 2.24) is 0 Å². The van der Waals surface area contributed by atoms with Gasteiger partial charge >= 0.3 is 0 Å². The fourth-order valence-corrected chi connectivity index (χ4v) is 449. The molecule has 176 valence electrons. The van der Waals surface area contributed by atoms with Crippen LogP contribution in [0, 0.1) is 0 Å². The maximum absolute atomic E-state index is 2.49. The van der Waals surface area contributed by atoms with Gasteiger partial charge in [-0.25, -0.2) is 0 Å². The Morgan fingerprint density at radius 3 is 0.414 bits per heavy atom. The van der Waals surface area contributed by atoms with Gasteiger partial charge in [0.15, 0.2) is 6.14 Å². The van der Waals surface area contributed by atoms with E-state index in [1.165, 1.54) is 0 Å². The molecule has 0 aromatic carbocycles. The molecular weight excluding hydrogens is 669 g/mol. The highest BCUT2D eigenvalue weighted by atomic mass is 32.9. The Balaban J connectivity index is 8.16. The highest BCUT2D eigenvalue weighted by Crippen LogP contribution is 2.71. The fourth-order valence-electron chi connectivity index (χ4n) is 3.96. The first-order valence-electron chi connectivity index (χ1n) is 8.35. The zero-order valence-corrected chi connectivity index (χ0v) is 34.2. The number of hydrogen-bond donors (Lipinski definition) is 0. The summed E-state index contributed by atoms with van der Waals surface area (Å²) in [5.41, 5.74) is 0. The molecule has 0 N–H and O–H groups in total. The summed E-state index contributed by atoms with van der Waals surface area (Å²) in [4.78, 5) is 0. The van der Waals surface area contributed by atoms with Crippen molar-refractivity contribution in [3.8, 4) is 0 Å². The standard InChI is InChI=1S/C12H36S12Si5/c1-13-25(14-2,15-3)29(26(16-4,17-5)18-6,27(19-7,20-8)21-9)28(22-10,23-11)24-12/h1-12H3. The van der Waals surface area contributed by atoms with E-state index in [4.69, 9.17) is 0 Å². The highest BCUT2D eigenvalue weighted by molar-refractivity contribution is 9.14. The lowest BCUT2D eigenvalue weighted by molar-refractivity contribution is 2.49. The van der Waals surface area contributed by atoms with Crippen molar-refractivity contribution in [2.75, 3.05) is 75.1 Å². The van der Waals surface area contributed by atoms with Gasteiger partial charge in [0.2, 0.25) is 20.2 Å².